The molecule has 6 heteroatoms. The third kappa shape index (κ3) is 2.16. The van der Waals surface area contributed by atoms with Crippen molar-refractivity contribution in [1.82, 2.24) is 9.80 Å². The zero-order valence-electron chi connectivity index (χ0n) is 10.8. The average molecular weight is 261 g/mol. The van der Waals surface area contributed by atoms with Crippen LogP contribution in [0.15, 0.2) is 18.2 Å². The number of hydrogen-bond donors (Lipinski definition) is 1. The molecule has 0 atom stereocenters. The summed E-state index contributed by atoms with van der Waals surface area (Å²) in [5, 5.41) is 0. The number of rotatable bonds is 3. The van der Waals surface area contributed by atoms with Gasteiger partial charge in [0.15, 0.2) is 0 Å². The van der Waals surface area contributed by atoms with Gasteiger partial charge in [-0.2, -0.15) is 0 Å². The molecule has 0 aromatic heterocycles. The lowest BCUT2D eigenvalue weighted by atomic mass is 10.1. The fourth-order valence-corrected chi connectivity index (χ4v) is 1.99. The van der Waals surface area contributed by atoms with Gasteiger partial charge in [-0.25, -0.2) is 0 Å². The van der Waals surface area contributed by atoms with Crippen LogP contribution in [0.25, 0.3) is 0 Å². The van der Waals surface area contributed by atoms with E-state index < -0.39 is 5.91 Å². The predicted octanol–water partition coefficient (Wildman–Crippen LogP) is 0.343. The highest BCUT2D eigenvalue weighted by Crippen LogP contribution is 2.27. The van der Waals surface area contributed by atoms with Crippen LogP contribution in [0, 0.1) is 0 Å². The number of nitrogens with zero attached hydrogens (tertiary/aromatic N) is 2. The van der Waals surface area contributed by atoms with Crippen molar-refractivity contribution in [2.45, 2.75) is 6.42 Å². The average Bonchev–Trinajstić information content (AvgIpc) is 2.60. The highest BCUT2D eigenvalue weighted by atomic mass is 16.2. The molecule has 0 saturated carbocycles. The molecule has 0 bridgehead atoms. The maximum Gasteiger partial charge on any atom is 0.263 e. The molecule has 0 aliphatic carbocycles. The molecule has 1 aliphatic rings. The van der Waals surface area contributed by atoms with Gasteiger partial charge in [0.1, 0.15) is 0 Å². The molecule has 1 aliphatic heterocycles. The third-order valence-corrected chi connectivity index (χ3v) is 3.08. The molecule has 1 heterocycles. The maximum atomic E-state index is 12.1. The molecule has 2 rings (SSSR count). The molecule has 1 aromatic carbocycles. The van der Waals surface area contributed by atoms with E-state index in [1.807, 2.05) is 0 Å². The Hall–Kier alpha value is -2.37. The molecule has 0 radical (unpaired) electrons. The molecule has 1 aromatic rings. The molecular weight excluding hydrogens is 246 g/mol. The van der Waals surface area contributed by atoms with E-state index in [4.69, 9.17) is 5.73 Å². The second-order valence-electron chi connectivity index (χ2n) is 4.57. The first-order valence-electron chi connectivity index (χ1n) is 5.88. The van der Waals surface area contributed by atoms with Gasteiger partial charge in [-0.3, -0.25) is 19.3 Å². The fraction of sp³-hybridized carbons (Fsp3) is 0.308. The van der Waals surface area contributed by atoms with Gasteiger partial charge in [0.05, 0.1) is 11.1 Å². The number of hydrogen-bond acceptors (Lipinski definition) is 4. The van der Waals surface area contributed by atoms with Crippen molar-refractivity contribution < 1.29 is 14.4 Å². The first kappa shape index (κ1) is 13.1. The highest BCUT2D eigenvalue weighted by molar-refractivity contribution is 6.23. The molecule has 2 N–H and O–H groups in total. The SMILES string of the molecule is CN(C)C(=O)CCN1C(=O)c2cccc(N)c2C1=O. The van der Waals surface area contributed by atoms with Crippen molar-refractivity contribution in [1.29, 1.82) is 0 Å². The molecule has 6 nitrogen and oxygen atoms in total. The van der Waals surface area contributed by atoms with Gasteiger partial charge in [0.2, 0.25) is 5.91 Å². The molecule has 0 saturated heterocycles. The lowest BCUT2D eigenvalue weighted by molar-refractivity contribution is -0.128. The van der Waals surface area contributed by atoms with Crippen LogP contribution in [0.5, 0.6) is 0 Å². The van der Waals surface area contributed by atoms with Crippen LogP contribution in [-0.4, -0.2) is 48.2 Å². The number of benzene rings is 1. The van der Waals surface area contributed by atoms with E-state index in [1.165, 1.54) is 4.90 Å². The van der Waals surface area contributed by atoms with Crippen LogP contribution in [0.4, 0.5) is 5.69 Å². The Kier molecular flexibility index (Phi) is 3.25. The quantitative estimate of drug-likeness (QED) is 0.628. The minimum absolute atomic E-state index is 0.0722. The normalized spacial score (nSPS) is 13.7. The van der Waals surface area contributed by atoms with E-state index in [1.54, 1.807) is 32.3 Å². The van der Waals surface area contributed by atoms with Crippen LogP contribution < -0.4 is 5.73 Å². The van der Waals surface area contributed by atoms with Gasteiger partial charge in [-0.05, 0) is 12.1 Å². The Morgan fingerprint density at radius 2 is 1.95 bits per heavy atom. The van der Waals surface area contributed by atoms with Crippen LogP contribution >= 0.6 is 0 Å². The molecule has 100 valence electrons. The van der Waals surface area contributed by atoms with Gasteiger partial charge in [0.25, 0.3) is 11.8 Å². The van der Waals surface area contributed by atoms with Gasteiger partial charge in [-0.15, -0.1) is 0 Å². The zero-order valence-corrected chi connectivity index (χ0v) is 10.8. The van der Waals surface area contributed by atoms with E-state index >= 15 is 0 Å². The van der Waals surface area contributed by atoms with E-state index in [9.17, 15) is 14.4 Å². The number of anilines is 1. The first-order valence-corrected chi connectivity index (χ1v) is 5.88. The molecule has 0 fully saturated rings. The first-order chi connectivity index (χ1) is 8.93. The van der Waals surface area contributed by atoms with Crippen LogP contribution in [0.1, 0.15) is 27.1 Å². The number of nitrogen functional groups attached to an aromatic ring is 1. The van der Waals surface area contributed by atoms with Crippen LogP contribution in [-0.2, 0) is 4.79 Å². The van der Waals surface area contributed by atoms with Gasteiger partial charge in [0, 0.05) is 32.7 Å². The highest BCUT2D eigenvalue weighted by Gasteiger charge is 2.36. The number of carbonyl (C=O) groups is 3. The summed E-state index contributed by atoms with van der Waals surface area (Å²) in [5.41, 5.74) is 6.55. The largest absolute Gasteiger partial charge is 0.398 e. The van der Waals surface area contributed by atoms with E-state index in [2.05, 4.69) is 0 Å². The maximum absolute atomic E-state index is 12.1. The standard InChI is InChI=1S/C13H15N3O3/c1-15(2)10(17)6-7-16-12(18)8-4-3-5-9(14)11(8)13(16)19/h3-5H,6-7,14H2,1-2H3. The number of carbonyl (C=O) groups excluding carboxylic acids is 3. The molecule has 19 heavy (non-hydrogen) atoms. The smallest absolute Gasteiger partial charge is 0.263 e. The fourth-order valence-electron chi connectivity index (χ4n) is 1.99. The Morgan fingerprint density at radius 3 is 2.53 bits per heavy atom. The summed E-state index contributed by atoms with van der Waals surface area (Å²) in [5.74, 6) is -0.951. The minimum Gasteiger partial charge on any atom is -0.398 e. The monoisotopic (exact) mass is 261 g/mol. The summed E-state index contributed by atoms with van der Waals surface area (Å²) in [4.78, 5) is 38.2. The van der Waals surface area contributed by atoms with Crippen molar-refractivity contribution in [3.63, 3.8) is 0 Å². The molecule has 3 amide bonds. The van der Waals surface area contributed by atoms with Crippen molar-refractivity contribution >= 4 is 23.4 Å². The summed E-state index contributed by atoms with van der Waals surface area (Å²) in [6.45, 7) is 0.0722. The van der Waals surface area contributed by atoms with Gasteiger partial charge < -0.3 is 10.6 Å². The van der Waals surface area contributed by atoms with Crippen molar-refractivity contribution in [3.05, 3.63) is 29.3 Å². The second-order valence-corrected chi connectivity index (χ2v) is 4.57. The number of fused-ring (bicyclic) bond motifs is 1. The summed E-state index contributed by atoms with van der Waals surface area (Å²) < 4.78 is 0. The topological polar surface area (TPSA) is 83.7 Å². The Bertz CT molecular complexity index is 566. The Labute approximate surface area is 110 Å². The summed E-state index contributed by atoms with van der Waals surface area (Å²) in [6.07, 6.45) is 0.109. The van der Waals surface area contributed by atoms with Gasteiger partial charge >= 0.3 is 0 Å². The van der Waals surface area contributed by atoms with E-state index in [0.29, 0.717) is 5.56 Å². The second kappa shape index (κ2) is 4.72. The summed E-state index contributed by atoms with van der Waals surface area (Å²) in [7, 11) is 3.26. The summed E-state index contributed by atoms with van der Waals surface area (Å²) >= 11 is 0. The van der Waals surface area contributed by atoms with Crippen molar-refractivity contribution in [3.8, 4) is 0 Å². The van der Waals surface area contributed by atoms with Crippen molar-refractivity contribution in [2.75, 3.05) is 26.4 Å². The minimum atomic E-state index is -0.426. The van der Waals surface area contributed by atoms with E-state index in [0.717, 1.165) is 4.90 Å². The lowest BCUT2D eigenvalue weighted by Gasteiger charge is -2.15. The molecule has 0 unspecified atom stereocenters. The van der Waals surface area contributed by atoms with Crippen molar-refractivity contribution in [2.24, 2.45) is 0 Å². The van der Waals surface area contributed by atoms with E-state index in [-0.39, 0.29) is 36.0 Å². The number of amides is 3. The van der Waals surface area contributed by atoms with Crippen LogP contribution in [0.2, 0.25) is 0 Å². The lowest BCUT2D eigenvalue weighted by Crippen LogP contribution is -2.34. The Balaban J connectivity index is 2.19. The number of imide groups is 1. The number of nitrogens with two attached hydrogens (primary N) is 1. The molecular formula is C13H15N3O3. The zero-order chi connectivity index (χ0) is 14.2. The predicted molar refractivity (Wildman–Crippen MR) is 69.5 cm³/mol. The van der Waals surface area contributed by atoms with Crippen LogP contribution in [0.3, 0.4) is 0 Å². The third-order valence-electron chi connectivity index (χ3n) is 3.08. The van der Waals surface area contributed by atoms with Gasteiger partial charge in [-0.1, -0.05) is 6.07 Å². The molecule has 0 spiro atoms. The Morgan fingerprint density at radius 1 is 1.26 bits per heavy atom. The summed E-state index contributed by atoms with van der Waals surface area (Å²) in [6, 6.07) is 4.78.